The minimum absolute atomic E-state index is 0.144. The lowest BCUT2D eigenvalue weighted by Crippen LogP contribution is -2.41. The van der Waals surface area contributed by atoms with E-state index in [4.69, 9.17) is 5.73 Å². The van der Waals surface area contributed by atoms with Crippen LogP contribution < -0.4 is 5.73 Å². The van der Waals surface area contributed by atoms with Gasteiger partial charge in [0.2, 0.25) is 0 Å². The second-order valence-corrected chi connectivity index (χ2v) is 4.85. The van der Waals surface area contributed by atoms with Gasteiger partial charge in [-0.2, -0.15) is 0 Å². The van der Waals surface area contributed by atoms with Gasteiger partial charge in [-0.3, -0.25) is 0 Å². The summed E-state index contributed by atoms with van der Waals surface area (Å²) in [6, 6.07) is 0. The Hall–Kier alpha value is -0.720. The van der Waals surface area contributed by atoms with Gasteiger partial charge in [0, 0.05) is 11.1 Å². The van der Waals surface area contributed by atoms with E-state index in [1.54, 1.807) is 0 Å². The fraction of sp³-hybridized carbons (Fsp3) is 0.692. The van der Waals surface area contributed by atoms with Crippen molar-refractivity contribution in [2.24, 2.45) is 16.6 Å². The van der Waals surface area contributed by atoms with Crippen molar-refractivity contribution in [3.8, 4) is 0 Å². The molecule has 1 heteroatoms. The molecule has 1 aliphatic carbocycles. The van der Waals surface area contributed by atoms with Crippen molar-refractivity contribution in [2.75, 3.05) is 0 Å². The number of rotatable bonds is 3. The van der Waals surface area contributed by atoms with E-state index in [0.717, 1.165) is 12.1 Å². The van der Waals surface area contributed by atoms with Crippen LogP contribution in [-0.2, 0) is 0 Å². The lowest BCUT2D eigenvalue weighted by Gasteiger charge is -2.47. The second-order valence-electron chi connectivity index (χ2n) is 4.85. The highest BCUT2D eigenvalue weighted by molar-refractivity contribution is 5.26. The molecule has 1 atom stereocenters. The first kappa shape index (κ1) is 11.4. The van der Waals surface area contributed by atoms with Crippen molar-refractivity contribution < 1.29 is 0 Å². The van der Waals surface area contributed by atoms with Gasteiger partial charge < -0.3 is 5.73 Å². The Morgan fingerprint density at radius 1 is 1.43 bits per heavy atom. The molecular formula is C13H23N. The van der Waals surface area contributed by atoms with Gasteiger partial charge in [0.25, 0.3) is 0 Å². The lowest BCUT2D eigenvalue weighted by molar-refractivity contribution is 0.0954. The molecule has 0 radical (unpaired) electrons. The maximum absolute atomic E-state index is 6.16. The van der Waals surface area contributed by atoms with E-state index in [0.29, 0.717) is 5.41 Å². The molecule has 0 aromatic carbocycles. The van der Waals surface area contributed by atoms with E-state index < -0.39 is 0 Å². The Morgan fingerprint density at radius 2 is 2.00 bits per heavy atom. The molecule has 0 heterocycles. The van der Waals surface area contributed by atoms with Gasteiger partial charge in [-0.25, -0.2) is 0 Å². The third kappa shape index (κ3) is 1.49. The maximum Gasteiger partial charge on any atom is 0.0158 e. The second kappa shape index (κ2) is 3.80. The molecular weight excluding hydrogens is 170 g/mol. The molecule has 14 heavy (non-hydrogen) atoms. The summed E-state index contributed by atoms with van der Waals surface area (Å²) < 4.78 is 0. The summed E-state index contributed by atoms with van der Waals surface area (Å²) in [6.45, 7) is 9.18. The van der Waals surface area contributed by atoms with Crippen LogP contribution in [0.4, 0.5) is 0 Å². The van der Waals surface area contributed by atoms with Crippen molar-refractivity contribution in [2.45, 2.75) is 47.0 Å². The molecule has 0 aliphatic heterocycles. The van der Waals surface area contributed by atoms with Crippen molar-refractivity contribution in [1.82, 2.24) is 0 Å². The van der Waals surface area contributed by atoms with Gasteiger partial charge in [-0.15, -0.1) is 0 Å². The van der Waals surface area contributed by atoms with Crippen LogP contribution >= 0.6 is 0 Å². The molecule has 0 fully saturated rings. The minimum Gasteiger partial charge on any atom is -0.402 e. The first-order chi connectivity index (χ1) is 6.50. The van der Waals surface area contributed by atoms with E-state index in [9.17, 15) is 0 Å². The van der Waals surface area contributed by atoms with Crippen LogP contribution in [0.5, 0.6) is 0 Å². The molecule has 80 valence electrons. The van der Waals surface area contributed by atoms with Crippen molar-refractivity contribution in [3.63, 3.8) is 0 Å². The molecule has 0 spiro atoms. The summed E-state index contributed by atoms with van der Waals surface area (Å²) in [5.41, 5.74) is 7.67. The summed E-state index contributed by atoms with van der Waals surface area (Å²) in [5, 5.41) is 0. The average Bonchev–Trinajstić information content (AvgIpc) is 2.21. The average molecular weight is 193 g/mol. The van der Waals surface area contributed by atoms with Crippen LogP contribution in [0.15, 0.2) is 23.9 Å². The maximum atomic E-state index is 6.16. The van der Waals surface area contributed by atoms with Crippen LogP contribution in [0.1, 0.15) is 47.0 Å². The van der Waals surface area contributed by atoms with Crippen LogP contribution in [0, 0.1) is 10.8 Å². The molecule has 0 amide bonds. The van der Waals surface area contributed by atoms with Crippen LogP contribution in [0.3, 0.4) is 0 Å². The quantitative estimate of drug-likeness (QED) is 0.728. The van der Waals surface area contributed by atoms with Gasteiger partial charge in [0.1, 0.15) is 0 Å². The number of nitrogens with two attached hydrogens (primary N) is 1. The molecule has 1 rings (SSSR count). The van der Waals surface area contributed by atoms with Gasteiger partial charge in [0.15, 0.2) is 0 Å². The topological polar surface area (TPSA) is 26.0 Å². The van der Waals surface area contributed by atoms with Crippen molar-refractivity contribution in [1.29, 1.82) is 0 Å². The molecule has 0 aromatic rings. The van der Waals surface area contributed by atoms with Gasteiger partial charge in [-0.1, -0.05) is 39.8 Å². The predicted octanol–water partition coefficient (Wildman–Crippen LogP) is 3.62. The minimum atomic E-state index is 0.144. The van der Waals surface area contributed by atoms with Crippen molar-refractivity contribution >= 4 is 0 Å². The molecule has 0 bridgehead atoms. The van der Waals surface area contributed by atoms with Gasteiger partial charge >= 0.3 is 0 Å². The highest BCUT2D eigenvalue weighted by Gasteiger charge is 2.43. The fourth-order valence-corrected chi connectivity index (χ4v) is 2.40. The standard InChI is InChI=1S/C13H23N/c1-5-12(3,6-2)13(4)10-8-7-9-11(13)14/h7-9H,5-6,10,14H2,1-4H3/t13-/m0/s1. The molecule has 1 nitrogen and oxygen atoms in total. The SMILES string of the molecule is CCC(C)(CC)[C@@]1(C)CC=CC=C1N. The summed E-state index contributed by atoms with van der Waals surface area (Å²) in [5.74, 6) is 0. The Bertz CT molecular complexity index is 258. The number of hydrogen-bond acceptors (Lipinski definition) is 1. The Morgan fingerprint density at radius 3 is 2.43 bits per heavy atom. The van der Waals surface area contributed by atoms with Crippen LogP contribution in [-0.4, -0.2) is 0 Å². The highest BCUT2D eigenvalue weighted by atomic mass is 14.7. The van der Waals surface area contributed by atoms with E-state index in [1.165, 1.54) is 12.8 Å². The van der Waals surface area contributed by atoms with Crippen LogP contribution in [0.2, 0.25) is 0 Å². The number of allylic oxidation sites excluding steroid dienone is 4. The Balaban J connectivity index is 3.05. The molecule has 2 N–H and O–H groups in total. The molecule has 0 aromatic heterocycles. The molecule has 1 aliphatic rings. The molecule has 0 saturated heterocycles. The van der Waals surface area contributed by atoms with Gasteiger partial charge in [-0.05, 0) is 30.8 Å². The zero-order valence-corrected chi connectivity index (χ0v) is 9.93. The largest absolute Gasteiger partial charge is 0.402 e. The van der Waals surface area contributed by atoms with E-state index in [-0.39, 0.29) is 5.41 Å². The van der Waals surface area contributed by atoms with Crippen LogP contribution in [0.25, 0.3) is 0 Å². The van der Waals surface area contributed by atoms with E-state index >= 15 is 0 Å². The fourth-order valence-electron chi connectivity index (χ4n) is 2.40. The lowest BCUT2D eigenvalue weighted by atomic mass is 9.58. The zero-order valence-electron chi connectivity index (χ0n) is 9.93. The normalized spacial score (nSPS) is 27.6. The van der Waals surface area contributed by atoms with E-state index in [2.05, 4.69) is 45.9 Å². The number of hydrogen-bond donors (Lipinski definition) is 1. The third-order valence-corrected chi connectivity index (χ3v) is 4.47. The highest BCUT2D eigenvalue weighted by Crippen LogP contribution is 2.51. The summed E-state index contributed by atoms with van der Waals surface area (Å²) in [6.07, 6.45) is 9.81. The first-order valence-electron chi connectivity index (χ1n) is 5.63. The summed E-state index contributed by atoms with van der Waals surface area (Å²) in [7, 11) is 0. The third-order valence-electron chi connectivity index (χ3n) is 4.47. The Labute approximate surface area is 88.1 Å². The van der Waals surface area contributed by atoms with Crippen molar-refractivity contribution in [3.05, 3.63) is 23.9 Å². The monoisotopic (exact) mass is 193 g/mol. The molecule has 0 saturated carbocycles. The van der Waals surface area contributed by atoms with E-state index in [1.807, 2.05) is 0 Å². The summed E-state index contributed by atoms with van der Waals surface area (Å²) in [4.78, 5) is 0. The predicted molar refractivity (Wildman–Crippen MR) is 62.8 cm³/mol. The summed E-state index contributed by atoms with van der Waals surface area (Å²) >= 11 is 0. The Kier molecular flexibility index (Phi) is 3.08. The smallest absolute Gasteiger partial charge is 0.0158 e. The first-order valence-corrected chi connectivity index (χ1v) is 5.63. The van der Waals surface area contributed by atoms with Gasteiger partial charge in [0.05, 0.1) is 0 Å². The molecule has 0 unspecified atom stereocenters. The zero-order chi connectivity index (χ0) is 10.8.